The number of hydrogen-bond acceptors (Lipinski definition) is 7. The Bertz CT molecular complexity index is 1130. The van der Waals surface area contributed by atoms with E-state index in [1.165, 1.54) is 16.8 Å². The van der Waals surface area contributed by atoms with Crippen LogP contribution in [0.3, 0.4) is 0 Å². The van der Waals surface area contributed by atoms with Gasteiger partial charge in [0, 0.05) is 31.3 Å². The summed E-state index contributed by atoms with van der Waals surface area (Å²) in [5.74, 6) is 0.382. The van der Waals surface area contributed by atoms with Gasteiger partial charge in [-0.3, -0.25) is 4.79 Å². The molecule has 0 radical (unpaired) electrons. The third kappa shape index (κ3) is 4.01. The maximum Gasteiger partial charge on any atom is 0.295 e. The molecular weight excluding hydrogens is 401 g/mol. The molecule has 3 atom stereocenters. The molecule has 8 nitrogen and oxygen atoms in total. The molecule has 1 saturated heterocycles. The van der Waals surface area contributed by atoms with Gasteiger partial charge in [-0.2, -0.15) is 10.1 Å². The van der Waals surface area contributed by atoms with Gasteiger partial charge < -0.3 is 19.7 Å². The first-order valence-electron chi connectivity index (χ1n) is 10.9. The summed E-state index contributed by atoms with van der Waals surface area (Å²) in [6, 6.07) is 7.84. The number of benzene rings is 1. The van der Waals surface area contributed by atoms with Crippen LogP contribution in [0.25, 0.3) is 11.1 Å². The van der Waals surface area contributed by atoms with E-state index in [9.17, 15) is 14.3 Å². The lowest BCUT2D eigenvalue weighted by molar-refractivity contribution is 0.127. The third-order valence-corrected chi connectivity index (χ3v) is 6.33. The summed E-state index contributed by atoms with van der Waals surface area (Å²) in [7, 11) is 0. The molecule has 0 bridgehead atoms. The number of nitrogens with zero attached hydrogens (tertiary/aromatic N) is 4. The second kappa shape index (κ2) is 8.30. The number of rotatable bonds is 5. The lowest BCUT2D eigenvalue weighted by atomic mass is 10.0. The number of hydrogen-bond donors (Lipinski definition) is 2. The van der Waals surface area contributed by atoms with Gasteiger partial charge in [-0.05, 0) is 56.7 Å². The molecule has 2 aromatic heterocycles. The molecule has 9 heteroatoms. The van der Waals surface area contributed by atoms with Gasteiger partial charge in [0.05, 0.1) is 12.1 Å². The highest BCUT2D eigenvalue weighted by Crippen LogP contribution is 2.30. The van der Waals surface area contributed by atoms with Crippen LogP contribution in [0.5, 0.6) is 0 Å². The van der Waals surface area contributed by atoms with E-state index in [4.69, 9.17) is 4.42 Å². The lowest BCUT2D eigenvalue weighted by Crippen LogP contribution is -2.45. The zero-order chi connectivity index (χ0) is 21.4. The predicted octanol–water partition coefficient (Wildman–Crippen LogP) is 3.08. The monoisotopic (exact) mass is 427 g/mol. The third-order valence-electron chi connectivity index (χ3n) is 6.33. The smallest absolute Gasteiger partial charge is 0.295 e. The van der Waals surface area contributed by atoms with Gasteiger partial charge in [0.25, 0.3) is 11.6 Å². The number of aliphatic hydroxyl groups excluding tert-OH is 1. The lowest BCUT2D eigenvalue weighted by Gasteiger charge is -2.37. The fourth-order valence-electron chi connectivity index (χ4n) is 4.71. The number of aromatic nitrogens is 3. The number of halogens is 1. The van der Waals surface area contributed by atoms with Crippen LogP contribution in [0.4, 0.5) is 16.2 Å². The van der Waals surface area contributed by atoms with E-state index in [0.717, 1.165) is 44.5 Å². The predicted molar refractivity (Wildman–Crippen MR) is 115 cm³/mol. The van der Waals surface area contributed by atoms with Crippen LogP contribution in [0.15, 0.2) is 39.5 Å². The Morgan fingerprint density at radius 3 is 2.90 bits per heavy atom. The molecule has 3 aromatic rings. The van der Waals surface area contributed by atoms with E-state index < -0.39 is 6.10 Å². The minimum absolute atomic E-state index is 0.146. The fourth-order valence-corrected chi connectivity index (χ4v) is 4.71. The van der Waals surface area contributed by atoms with Crippen LogP contribution in [-0.2, 0) is 0 Å². The Morgan fingerprint density at radius 1 is 1.16 bits per heavy atom. The summed E-state index contributed by atoms with van der Waals surface area (Å²) < 4.78 is 20.5. The normalized spacial score (nSPS) is 24.1. The van der Waals surface area contributed by atoms with Crippen LogP contribution < -0.4 is 15.8 Å². The van der Waals surface area contributed by atoms with Crippen LogP contribution in [0.1, 0.15) is 44.6 Å². The Kier molecular flexibility index (Phi) is 5.35. The SMILES string of the molecule is O=c1ccc(N2CCCCC2CNc2nc3ccc(F)cc3o2)nn1C1CCCC1O. The largest absolute Gasteiger partial charge is 0.423 e. The van der Waals surface area contributed by atoms with Crippen molar-refractivity contribution in [2.75, 3.05) is 23.3 Å². The topological polar surface area (TPSA) is 96.4 Å². The summed E-state index contributed by atoms with van der Waals surface area (Å²) in [6.07, 6.45) is 4.95. The van der Waals surface area contributed by atoms with Crippen molar-refractivity contribution < 1.29 is 13.9 Å². The molecule has 1 saturated carbocycles. The van der Waals surface area contributed by atoms with Crippen molar-refractivity contribution in [3.05, 3.63) is 46.5 Å². The second-order valence-electron chi connectivity index (χ2n) is 8.39. The average Bonchev–Trinajstić information content (AvgIpc) is 3.38. The van der Waals surface area contributed by atoms with Crippen molar-refractivity contribution in [1.82, 2.24) is 14.8 Å². The van der Waals surface area contributed by atoms with Gasteiger partial charge in [0.15, 0.2) is 5.58 Å². The fraction of sp³-hybridized carbons (Fsp3) is 0.500. The molecule has 2 aliphatic rings. The van der Waals surface area contributed by atoms with Gasteiger partial charge >= 0.3 is 0 Å². The highest BCUT2D eigenvalue weighted by atomic mass is 19.1. The Morgan fingerprint density at radius 2 is 2.06 bits per heavy atom. The number of nitrogens with one attached hydrogen (secondary N) is 1. The van der Waals surface area contributed by atoms with Crippen LogP contribution in [0, 0.1) is 5.82 Å². The highest BCUT2D eigenvalue weighted by Gasteiger charge is 2.30. The zero-order valence-electron chi connectivity index (χ0n) is 17.2. The van der Waals surface area contributed by atoms with Gasteiger partial charge in [0.1, 0.15) is 17.2 Å². The molecule has 1 aliphatic heterocycles. The van der Waals surface area contributed by atoms with E-state index in [-0.39, 0.29) is 23.5 Å². The van der Waals surface area contributed by atoms with Crippen LogP contribution in [-0.4, -0.2) is 45.1 Å². The van der Waals surface area contributed by atoms with Gasteiger partial charge in [0.2, 0.25) is 0 Å². The number of fused-ring (bicyclic) bond motifs is 1. The minimum Gasteiger partial charge on any atom is -0.423 e. The summed E-state index contributed by atoms with van der Waals surface area (Å²) in [4.78, 5) is 19.0. The van der Waals surface area contributed by atoms with Gasteiger partial charge in [-0.15, -0.1) is 0 Å². The number of piperidine rings is 1. The van der Waals surface area contributed by atoms with E-state index in [2.05, 4.69) is 20.3 Å². The van der Waals surface area contributed by atoms with Crippen molar-refractivity contribution in [2.24, 2.45) is 0 Å². The molecule has 2 fully saturated rings. The Balaban J connectivity index is 1.35. The molecule has 3 unspecified atom stereocenters. The molecule has 0 amide bonds. The summed E-state index contributed by atoms with van der Waals surface area (Å²) >= 11 is 0. The van der Waals surface area contributed by atoms with Crippen LogP contribution >= 0.6 is 0 Å². The van der Waals surface area contributed by atoms with Crippen molar-refractivity contribution in [3.63, 3.8) is 0 Å². The van der Waals surface area contributed by atoms with E-state index in [1.54, 1.807) is 18.2 Å². The quantitative estimate of drug-likeness (QED) is 0.646. The molecule has 5 rings (SSSR count). The molecule has 2 N–H and O–H groups in total. The minimum atomic E-state index is -0.525. The van der Waals surface area contributed by atoms with E-state index in [0.29, 0.717) is 30.1 Å². The summed E-state index contributed by atoms with van der Waals surface area (Å²) in [5.41, 5.74) is 0.834. The summed E-state index contributed by atoms with van der Waals surface area (Å²) in [5, 5.41) is 18.1. The molecule has 31 heavy (non-hydrogen) atoms. The van der Waals surface area contributed by atoms with Gasteiger partial charge in [-0.25, -0.2) is 9.07 Å². The van der Waals surface area contributed by atoms with Crippen molar-refractivity contribution in [1.29, 1.82) is 0 Å². The first-order valence-corrected chi connectivity index (χ1v) is 10.9. The average molecular weight is 427 g/mol. The number of oxazole rings is 1. The molecule has 164 valence electrons. The maximum absolute atomic E-state index is 13.4. The molecular formula is C22H26FN5O3. The van der Waals surface area contributed by atoms with Crippen LogP contribution in [0.2, 0.25) is 0 Å². The second-order valence-corrected chi connectivity index (χ2v) is 8.39. The standard InChI is InChI=1S/C22H26FN5O3/c23-14-7-8-16-19(12-14)31-22(25-16)24-13-15-4-1-2-11-27(15)20-9-10-21(30)28(26-20)17-5-3-6-18(17)29/h7-10,12,15,17-18,29H,1-6,11,13H2,(H,24,25). The number of aliphatic hydroxyl groups is 1. The van der Waals surface area contributed by atoms with Crippen molar-refractivity contribution in [2.45, 2.75) is 56.7 Å². The van der Waals surface area contributed by atoms with E-state index in [1.807, 2.05) is 0 Å². The molecule has 1 aromatic carbocycles. The Hall–Kier alpha value is -2.94. The Labute approximate surface area is 178 Å². The van der Waals surface area contributed by atoms with Gasteiger partial charge in [-0.1, -0.05) is 0 Å². The van der Waals surface area contributed by atoms with E-state index >= 15 is 0 Å². The molecule has 1 aliphatic carbocycles. The highest BCUT2D eigenvalue weighted by molar-refractivity contribution is 5.74. The zero-order valence-corrected chi connectivity index (χ0v) is 17.2. The first kappa shape index (κ1) is 20.0. The molecule has 3 heterocycles. The maximum atomic E-state index is 13.4. The van der Waals surface area contributed by atoms with Crippen molar-refractivity contribution >= 4 is 22.9 Å². The first-order chi connectivity index (χ1) is 15.1. The molecule has 0 spiro atoms. The summed E-state index contributed by atoms with van der Waals surface area (Å²) in [6.45, 7) is 1.42. The number of anilines is 2. The van der Waals surface area contributed by atoms with Crippen molar-refractivity contribution in [3.8, 4) is 0 Å².